The van der Waals surface area contributed by atoms with Crippen LogP contribution in [0, 0.1) is 10.1 Å². The molecule has 0 saturated heterocycles. The van der Waals surface area contributed by atoms with Gasteiger partial charge in [-0.05, 0) is 19.1 Å². The molecule has 0 aliphatic rings. The number of ether oxygens (including phenoxy) is 1. The number of nitro groups is 1. The molecule has 1 unspecified atom stereocenters. The molecule has 1 N–H and O–H groups in total. The number of aliphatic hydroxyl groups is 1. The summed E-state index contributed by atoms with van der Waals surface area (Å²) in [6, 6.07) is 4.77. The maximum Gasteiger partial charge on any atom is 0.338 e. The highest BCUT2D eigenvalue weighted by atomic mass is 19.1. The average Bonchev–Trinajstić information content (AvgIpc) is 2.36. The number of hydrogen-bond acceptors (Lipinski definition) is 5. The van der Waals surface area contributed by atoms with Gasteiger partial charge in [-0.2, -0.15) is 0 Å². The van der Waals surface area contributed by atoms with Gasteiger partial charge in [0.2, 0.25) is 0 Å². The van der Waals surface area contributed by atoms with Crippen molar-refractivity contribution in [2.75, 3.05) is 13.3 Å². The van der Waals surface area contributed by atoms with E-state index in [1.807, 2.05) is 0 Å². The van der Waals surface area contributed by atoms with Gasteiger partial charge in [-0.3, -0.25) is 10.1 Å². The van der Waals surface area contributed by atoms with Gasteiger partial charge in [0.25, 0.3) is 5.69 Å². The molecule has 7 heteroatoms. The summed E-state index contributed by atoms with van der Waals surface area (Å²) in [7, 11) is 0. The molecule has 0 saturated carbocycles. The Kier molecular flexibility index (Phi) is 4.33. The number of alkyl halides is 1. The Balaban J connectivity index is 2.65. The second-order valence-electron chi connectivity index (χ2n) is 4.01. The van der Waals surface area contributed by atoms with Crippen molar-refractivity contribution in [3.05, 3.63) is 39.9 Å². The van der Waals surface area contributed by atoms with Gasteiger partial charge in [0.05, 0.1) is 10.5 Å². The van der Waals surface area contributed by atoms with Gasteiger partial charge in [-0.1, -0.05) is 0 Å². The fourth-order valence-corrected chi connectivity index (χ4v) is 1.06. The zero-order valence-corrected chi connectivity index (χ0v) is 9.63. The maximum atomic E-state index is 12.2. The standard InChI is InChI=1S/C11H12FNO5/c1-11(15,6-12)7-18-10(14)8-2-4-9(5-3-8)13(16)17/h2-5,15H,6-7H2,1H3. The topological polar surface area (TPSA) is 89.7 Å². The van der Waals surface area contributed by atoms with Gasteiger partial charge in [-0.25, -0.2) is 9.18 Å². The van der Waals surface area contributed by atoms with Gasteiger partial charge in [0.15, 0.2) is 0 Å². The first-order chi connectivity index (χ1) is 8.35. The fourth-order valence-electron chi connectivity index (χ4n) is 1.06. The Morgan fingerprint density at radius 1 is 1.50 bits per heavy atom. The molecule has 0 bridgehead atoms. The second kappa shape index (κ2) is 5.54. The van der Waals surface area contributed by atoms with Crippen molar-refractivity contribution in [3.63, 3.8) is 0 Å². The number of nitrogens with zero attached hydrogens (tertiary/aromatic N) is 1. The molecule has 0 aromatic heterocycles. The molecular weight excluding hydrogens is 245 g/mol. The Labute approximate surface area is 102 Å². The zero-order valence-electron chi connectivity index (χ0n) is 9.63. The Morgan fingerprint density at radius 2 is 2.06 bits per heavy atom. The minimum Gasteiger partial charge on any atom is -0.459 e. The predicted molar refractivity (Wildman–Crippen MR) is 60.0 cm³/mol. The molecule has 1 rings (SSSR count). The van der Waals surface area contributed by atoms with Crippen LogP contribution in [0.2, 0.25) is 0 Å². The van der Waals surface area contributed by atoms with Crippen LogP contribution >= 0.6 is 0 Å². The van der Waals surface area contributed by atoms with E-state index in [-0.39, 0.29) is 11.3 Å². The van der Waals surface area contributed by atoms with Crippen LogP contribution in [0.1, 0.15) is 17.3 Å². The van der Waals surface area contributed by atoms with Gasteiger partial charge >= 0.3 is 5.97 Å². The van der Waals surface area contributed by atoms with E-state index in [1.54, 1.807) is 0 Å². The van der Waals surface area contributed by atoms with Crippen molar-refractivity contribution < 1.29 is 24.0 Å². The Hall–Kier alpha value is -2.02. The summed E-state index contributed by atoms with van der Waals surface area (Å²) in [5.74, 6) is -0.779. The summed E-state index contributed by atoms with van der Waals surface area (Å²) in [6.07, 6.45) is 0. The molecule has 18 heavy (non-hydrogen) atoms. The molecule has 0 aliphatic heterocycles. The number of esters is 1. The molecule has 1 atom stereocenters. The van der Waals surface area contributed by atoms with E-state index in [0.717, 1.165) is 12.1 Å². The highest BCUT2D eigenvalue weighted by Gasteiger charge is 2.23. The van der Waals surface area contributed by atoms with Gasteiger partial charge in [0.1, 0.15) is 18.9 Å². The van der Waals surface area contributed by atoms with Gasteiger partial charge in [-0.15, -0.1) is 0 Å². The largest absolute Gasteiger partial charge is 0.459 e. The first-order valence-corrected chi connectivity index (χ1v) is 5.06. The van der Waals surface area contributed by atoms with Crippen LogP contribution in [0.4, 0.5) is 10.1 Å². The summed E-state index contributed by atoms with van der Waals surface area (Å²) in [5.41, 5.74) is -1.78. The predicted octanol–water partition coefficient (Wildman–Crippen LogP) is 1.47. The molecule has 0 aliphatic carbocycles. The minimum absolute atomic E-state index is 0.0928. The summed E-state index contributed by atoms with van der Waals surface area (Å²) in [5, 5.41) is 19.7. The smallest absolute Gasteiger partial charge is 0.338 e. The normalized spacial score (nSPS) is 13.7. The van der Waals surface area contributed by atoms with Crippen molar-refractivity contribution in [1.29, 1.82) is 0 Å². The highest BCUT2D eigenvalue weighted by molar-refractivity contribution is 5.89. The number of carbonyl (C=O) groups excluding carboxylic acids is 1. The maximum absolute atomic E-state index is 12.2. The number of hydrogen-bond donors (Lipinski definition) is 1. The quantitative estimate of drug-likeness (QED) is 0.490. The fraction of sp³-hybridized carbons (Fsp3) is 0.364. The van der Waals surface area contributed by atoms with E-state index in [1.165, 1.54) is 19.1 Å². The number of halogens is 1. The van der Waals surface area contributed by atoms with Crippen LogP contribution in [-0.2, 0) is 4.74 Å². The molecule has 1 aromatic carbocycles. The van der Waals surface area contributed by atoms with Crippen LogP contribution < -0.4 is 0 Å². The van der Waals surface area contributed by atoms with Crippen molar-refractivity contribution in [3.8, 4) is 0 Å². The van der Waals surface area contributed by atoms with Crippen LogP contribution in [0.5, 0.6) is 0 Å². The molecule has 0 spiro atoms. The van der Waals surface area contributed by atoms with Crippen molar-refractivity contribution in [2.24, 2.45) is 0 Å². The highest BCUT2D eigenvalue weighted by Crippen LogP contribution is 2.13. The monoisotopic (exact) mass is 257 g/mol. The number of rotatable bonds is 5. The average molecular weight is 257 g/mol. The summed E-state index contributed by atoms with van der Waals surface area (Å²) < 4.78 is 16.9. The number of nitro benzene ring substituents is 1. The van der Waals surface area contributed by atoms with Crippen LogP contribution in [0.15, 0.2) is 24.3 Å². The molecule has 0 amide bonds. The van der Waals surface area contributed by atoms with Crippen LogP contribution in [0.25, 0.3) is 0 Å². The molecule has 0 heterocycles. The Morgan fingerprint density at radius 3 is 2.50 bits per heavy atom. The number of benzene rings is 1. The molecule has 98 valence electrons. The van der Waals surface area contributed by atoms with E-state index < -0.39 is 29.8 Å². The summed E-state index contributed by atoms with van der Waals surface area (Å²) >= 11 is 0. The van der Waals surface area contributed by atoms with E-state index in [0.29, 0.717) is 0 Å². The van der Waals surface area contributed by atoms with Gasteiger partial charge in [0, 0.05) is 12.1 Å². The zero-order chi connectivity index (χ0) is 13.8. The van der Waals surface area contributed by atoms with E-state index in [2.05, 4.69) is 4.74 Å². The van der Waals surface area contributed by atoms with Crippen LogP contribution in [-0.4, -0.2) is 34.9 Å². The van der Waals surface area contributed by atoms with Crippen molar-refractivity contribution in [2.45, 2.75) is 12.5 Å². The molecule has 6 nitrogen and oxygen atoms in total. The second-order valence-corrected chi connectivity index (χ2v) is 4.01. The molecule has 0 fully saturated rings. The number of carbonyl (C=O) groups is 1. The molecule has 0 radical (unpaired) electrons. The lowest BCUT2D eigenvalue weighted by molar-refractivity contribution is -0.384. The first kappa shape index (κ1) is 14.0. The third-order valence-corrected chi connectivity index (χ3v) is 2.12. The Bertz CT molecular complexity index is 443. The SMILES string of the molecule is CC(O)(CF)COC(=O)c1ccc([N+](=O)[O-])cc1. The summed E-state index contributed by atoms with van der Waals surface area (Å²) in [4.78, 5) is 21.3. The van der Waals surface area contributed by atoms with Crippen LogP contribution in [0.3, 0.4) is 0 Å². The van der Waals surface area contributed by atoms with Crippen molar-refractivity contribution >= 4 is 11.7 Å². The van der Waals surface area contributed by atoms with E-state index in [9.17, 15) is 24.4 Å². The van der Waals surface area contributed by atoms with Gasteiger partial charge < -0.3 is 9.84 Å². The minimum atomic E-state index is -1.73. The van der Waals surface area contributed by atoms with E-state index >= 15 is 0 Å². The first-order valence-electron chi connectivity index (χ1n) is 5.06. The van der Waals surface area contributed by atoms with E-state index in [4.69, 9.17) is 0 Å². The lowest BCUT2D eigenvalue weighted by atomic mass is 10.1. The number of non-ortho nitro benzene ring substituents is 1. The lowest BCUT2D eigenvalue weighted by Crippen LogP contribution is -2.34. The van der Waals surface area contributed by atoms with Crippen molar-refractivity contribution in [1.82, 2.24) is 0 Å². The summed E-state index contributed by atoms with van der Waals surface area (Å²) in [6.45, 7) is -0.337. The molecule has 1 aromatic rings. The lowest BCUT2D eigenvalue weighted by Gasteiger charge is -2.18. The third kappa shape index (κ3) is 3.77. The third-order valence-electron chi connectivity index (χ3n) is 2.12. The molecular formula is C11H12FNO5.